The van der Waals surface area contributed by atoms with E-state index in [4.69, 9.17) is 0 Å². The molecule has 3 aromatic rings. The van der Waals surface area contributed by atoms with Gasteiger partial charge in [-0.25, -0.2) is 4.98 Å². The van der Waals surface area contributed by atoms with Crippen molar-refractivity contribution in [1.82, 2.24) is 19.7 Å². The molecule has 2 amide bonds. The van der Waals surface area contributed by atoms with Crippen molar-refractivity contribution in [3.05, 3.63) is 64.9 Å². The van der Waals surface area contributed by atoms with Crippen molar-refractivity contribution < 1.29 is 9.59 Å². The van der Waals surface area contributed by atoms with E-state index in [1.54, 1.807) is 46.7 Å². The molecule has 0 radical (unpaired) electrons. The van der Waals surface area contributed by atoms with E-state index in [0.29, 0.717) is 11.3 Å². The Morgan fingerprint density at radius 1 is 1.21 bits per heavy atom. The summed E-state index contributed by atoms with van der Waals surface area (Å²) in [7, 11) is 0. The number of nitrogens with zero attached hydrogens (tertiary/aromatic N) is 4. The van der Waals surface area contributed by atoms with Crippen LogP contribution in [-0.4, -0.2) is 38.0 Å². The summed E-state index contributed by atoms with van der Waals surface area (Å²) in [5, 5.41) is 9.97. The number of aromatic nitrogens is 3. The zero-order chi connectivity index (χ0) is 19.3. The highest BCUT2D eigenvalue weighted by Crippen LogP contribution is 2.32. The summed E-state index contributed by atoms with van der Waals surface area (Å²) in [6.45, 7) is 0.880. The third-order valence-corrected chi connectivity index (χ3v) is 5.66. The average molecular weight is 395 g/mol. The molecule has 1 aromatic carbocycles. The fourth-order valence-electron chi connectivity index (χ4n) is 3.42. The van der Waals surface area contributed by atoms with Crippen molar-refractivity contribution >= 4 is 28.8 Å². The Morgan fingerprint density at radius 3 is 2.86 bits per heavy atom. The Morgan fingerprint density at radius 2 is 2.07 bits per heavy atom. The van der Waals surface area contributed by atoms with Crippen molar-refractivity contribution in [2.45, 2.75) is 31.8 Å². The fraction of sp³-hybridized carbons (Fsp3) is 0.300. The summed E-state index contributed by atoms with van der Waals surface area (Å²) >= 11 is 1.59. The Labute approximate surface area is 167 Å². The van der Waals surface area contributed by atoms with Crippen LogP contribution in [0, 0.1) is 0 Å². The van der Waals surface area contributed by atoms with Gasteiger partial charge in [0, 0.05) is 29.9 Å². The molecule has 144 valence electrons. The molecule has 1 fully saturated rings. The molecule has 1 aliphatic rings. The van der Waals surface area contributed by atoms with Gasteiger partial charge in [-0.1, -0.05) is 18.2 Å². The van der Waals surface area contributed by atoms with Crippen LogP contribution < -0.4 is 5.32 Å². The van der Waals surface area contributed by atoms with E-state index in [1.807, 2.05) is 28.5 Å². The molecule has 3 heterocycles. The number of carbonyl (C=O) groups is 2. The standard InChI is InChI=1S/C20H21N5O2S/c26-18(25-10-5-4-8-17(25)20-21-9-11-28-20)14-24-13-16(12-22-24)23-19(27)15-6-2-1-3-7-15/h1-3,6-7,9,11-13,17H,4-5,8,10,14H2,(H,23,27)/t17-/m1/s1. The molecule has 4 rings (SSSR count). The number of thiazole rings is 1. The van der Waals surface area contributed by atoms with Gasteiger partial charge in [0.05, 0.1) is 17.9 Å². The van der Waals surface area contributed by atoms with Gasteiger partial charge >= 0.3 is 0 Å². The van der Waals surface area contributed by atoms with Gasteiger partial charge in [0.1, 0.15) is 11.6 Å². The number of piperidine rings is 1. The molecule has 0 bridgehead atoms. The minimum absolute atomic E-state index is 0.0175. The summed E-state index contributed by atoms with van der Waals surface area (Å²) in [6, 6.07) is 9.04. The normalized spacial score (nSPS) is 16.7. The number of rotatable bonds is 5. The van der Waals surface area contributed by atoms with Crippen LogP contribution in [0.25, 0.3) is 0 Å². The lowest BCUT2D eigenvalue weighted by Crippen LogP contribution is -2.40. The van der Waals surface area contributed by atoms with Gasteiger partial charge in [-0.3, -0.25) is 14.3 Å². The molecule has 1 N–H and O–H groups in total. The fourth-order valence-corrected chi connectivity index (χ4v) is 4.21. The lowest BCUT2D eigenvalue weighted by atomic mass is 10.0. The van der Waals surface area contributed by atoms with Crippen LogP contribution in [-0.2, 0) is 11.3 Å². The maximum atomic E-state index is 12.9. The van der Waals surface area contributed by atoms with Crippen LogP contribution in [0.15, 0.2) is 54.3 Å². The Balaban J connectivity index is 1.40. The number of likely N-dealkylation sites (tertiary alicyclic amines) is 1. The third kappa shape index (κ3) is 4.12. The molecule has 1 saturated heterocycles. The lowest BCUT2D eigenvalue weighted by molar-refractivity contribution is -0.135. The smallest absolute Gasteiger partial charge is 0.255 e. The highest BCUT2D eigenvalue weighted by molar-refractivity contribution is 7.09. The Bertz CT molecular complexity index is 939. The summed E-state index contributed by atoms with van der Waals surface area (Å²) in [4.78, 5) is 31.4. The van der Waals surface area contributed by atoms with Crippen molar-refractivity contribution in [3.63, 3.8) is 0 Å². The molecular formula is C20H21N5O2S. The number of carbonyl (C=O) groups excluding carboxylic acids is 2. The topological polar surface area (TPSA) is 80.1 Å². The zero-order valence-corrected chi connectivity index (χ0v) is 16.1. The average Bonchev–Trinajstić information content (AvgIpc) is 3.41. The van der Waals surface area contributed by atoms with Gasteiger partial charge < -0.3 is 10.2 Å². The molecule has 1 aliphatic heterocycles. The first kappa shape index (κ1) is 18.4. The van der Waals surface area contributed by atoms with Gasteiger partial charge in [0.2, 0.25) is 5.91 Å². The quantitative estimate of drug-likeness (QED) is 0.718. The van der Waals surface area contributed by atoms with Gasteiger partial charge in [-0.05, 0) is 31.4 Å². The van der Waals surface area contributed by atoms with Crippen LogP contribution in [0.2, 0.25) is 0 Å². The van der Waals surface area contributed by atoms with E-state index in [-0.39, 0.29) is 24.4 Å². The van der Waals surface area contributed by atoms with E-state index in [9.17, 15) is 9.59 Å². The summed E-state index contributed by atoms with van der Waals surface area (Å²) < 4.78 is 1.57. The number of anilines is 1. The maximum Gasteiger partial charge on any atom is 0.255 e. The molecule has 1 atom stereocenters. The second-order valence-corrected chi connectivity index (χ2v) is 7.64. The molecule has 28 heavy (non-hydrogen) atoms. The van der Waals surface area contributed by atoms with Crippen LogP contribution in [0.5, 0.6) is 0 Å². The monoisotopic (exact) mass is 395 g/mol. The van der Waals surface area contributed by atoms with E-state index in [2.05, 4.69) is 15.4 Å². The highest BCUT2D eigenvalue weighted by atomic mass is 32.1. The lowest BCUT2D eigenvalue weighted by Gasteiger charge is -2.34. The maximum absolute atomic E-state index is 12.9. The van der Waals surface area contributed by atoms with Crippen LogP contribution in [0.4, 0.5) is 5.69 Å². The van der Waals surface area contributed by atoms with Crippen LogP contribution >= 0.6 is 11.3 Å². The van der Waals surface area contributed by atoms with Crippen LogP contribution in [0.3, 0.4) is 0 Å². The van der Waals surface area contributed by atoms with Gasteiger partial charge in [0.15, 0.2) is 0 Å². The van der Waals surface area contributed by atoms with E-state index in [1.165, 1.54) is 0 Å². The van der Waals surface area contributed by atoms with Crippen molar-refractivity contribution in [2.75, 3.05) is 11.9 Å². The predicted octanol–water partition coefficient (Wildman–Crippen LogP) is 3.35. The first-order chi connectivity index (χ1) is 13.7. The second-order valence-electron chi connectivity index (χ2n) is 6.72. The SMILES string of the molecule is O=C(Nc1cnn(CC(=O)N2CCCC[C@@H]2c2nccs2)c1)c1ccccc1. The number of nitrogens with one attached hydrogen (secondary N) is 1. The molecule has 0 saturated carbocycles. The minimum Gasteiger partial charge on any atom is -0.332 e. The molecule has 0 aliphatic carbocycles. The molecule has 0 spiro atoms. The number of hydrogen-bond donors (Lipinski definition) is 1. The summed E-state index contributed by atoms with van der Waals surface area (Å²) in [5.74, 6) is -0.185. The Hall–Kier alpha value is -3.00. The van der Waals surface area contributed by atoms with Crippen LogP contribution in [0.1, 0.15) is 40.7 Å². The minimum atomic E-state index is -0.202. The molecule has 2 aromatic heterocycles. The molecule has 7 nitrogen and oxygen atoms in total. The third-order valence-electron chi connectivity index (χ3n) is 4.78. The van der Waals surface area contributed by atoms with E-state index in [0.717, 1.165) is 30.8 Å². The first-order valence-electron chi connectivity index (χ1n) is 9.28. The van der Waals surface area contributed by atoms with Gasteiger partial charge in [0.25, 0.3) is 5.91 Å². The van der Waals surface area contributed by atoms with E-state index < -0.39 is 0 Å². The van der Waals surface area contributed by atoms with E-state index >= 15 is 0 Å². The first-order valence-corrected chi connectivity index (χ1v) is 10.2. The molecule has 0 unspecified atom stereocenters. The number of benzene rings is 1. The van der Waals surface area contributed by atoms with Gasteiger partial charge in [-0.15, -0.1) is 11.3 Å². The highest BCUT2D eigenvalue weighted by Gasteiger charge is 2.29. The second kappa shape index (κ2) is 8.35. The van der Waals surface area contributed by atoms with Crippen molar-refractivity contribution in [1.29, 1.82) is 0 Å². The number of hydrogen-bond acceptors (Lipinski definition) is 5. The Kier molecular flexibility index (Phi) is 5.48. The van der Waals surface area contributed by atoms with Crippen molar-refractivity contribution in [3.8, 4) is 0 Å². The molecule has 8 heteroatoms. The summed E-state index contributed by atoms with van der Waals surface area (Å²) in [6.07, 6.45) is 8.07. The largest absolute Gasteiger partial charge is 0.332 e. The summed E-state index contributed by atoms with van der Waals surface area (Å²) in [5.41, 5.74) is 1.14. The number of amides is 2. The predicted molar refractivity (Wildman–Crippen MR) is 107 cm³/mol. The van der Waals surface area contributed by atoms with Crippen molar-refractivity contribution in [2.24, 2.45) is 0 Å². The van der Waals surface area contributed by atoms with Gasteiger partial charge in [-0.2, -0.15) is 5.10 Å². The molecular weight excluding hydrogens is 374 g/mol. The zero-order valence-electron chi connectivity index (χ0n) is 15.3.